The molecule has 0 saturated heterocycles. The third-order valence-corrected chi connectivity index (χ3v) is 1.11. The number of aromatic nitrogens is 2. The van der Waals surface area contributed by atoms with Crippen molar-refractivity contribution in [1.29, 1.82) is 0 Å². The molecule has 9 nitrogen and oxygen atoms in total. The lowest BCUT2D eigenvalue weighted by molar-refractivity contribution is -0.124. The molecule has 0 atom stereocenters. The number of rotatable bonds is 4. The van der Waals surface area contributed by atoms with Gasteiger partial charge in [0.15, 0.2) is 6.61 Å². The van der Waals surface area contributed by atoms with E-state index in [0.29, 0.717) is 0 Å². The van der Waals surface area contributed by atoms with Crippen LogP contribution < -0.4 is 16.9 Å². The minimum absolute atomic E-state index is 0.176. The van der Waals surface area contributed by atoms with Crippen LogP contribution in [0, 0.1) is 0 Å². The third-order valence-electron chi connectivity index (χ3n) is 1.11. The summed E-state index contributed by atoms with van der Waals surface area (Å²) in [5.41, 5.74) is 11.6. The molecule has 0 spiro atoms. The molecule has 2 amide bonds. The van der Waals surface area contributed by atoms with Gasteiger partial charge < -0.3 is 11.5 Å². The molecule has 9 heteroatoms. The summed E-state index contributed by atoms with van der Waals surface area (Å²) < 4.78 is 4.16. The fourth-order valence-corrected chi connectivity index (χ4v) is 0.574. The van der Waals surface area contributed by atoms with E-state index in [-0.39, 0.29) is 11.5 Å². The Morgan fingerprint density at radius 3 is 2.71 bits per heavy atom. The van der Waals surface area contributed by atoms with Gasteiger partial charge in [0.2, 0.25) is 17.4 Å². The van der Waals surface area contributed by atoms with E-state index >= 15 is 0 Å². The molecule has 1 rings (SSSR count). The fraction of sp³-hybridized carbons (Fsp3) is 0.200. The number of nitrogens with zero attached hydrogens (tertiary/aromatic N) is 2. The number of nitrogens with one attached hydrogen (secondary N) is 1. The second kappa shape index (κ2) is 4.18. The van der Waals surface area contributed by atoms with Crippen molar-refractivity contribution < 1.29 is 19.1 Å². The molecule has 1 aromatic rings. The Labute approximate surface area is 77.3 Å². The summed E-state index contributed by atoms with van der Waals surface area (Å²) in [6, 6.07) is 0. The van der Waals surface area contributed by atoms with Crippen molar-refractivity contribution in [3.63, 3.8) is 0 Å². The van der Waals surface area contributed by atoms with Crippen LogP contribution in [0.3, 0.4) is 0 Å². The normalized spacial score (nSPS) is 9.71. The van der Waals surface area contributed by atoms with Crippen LogP contribution in [-0.4, -0.2) is 28.7 Å². The van der Waals surface area contributed by atoms with E-state index in [4.69, 9.17) is 11.5 Å². The molecule has 0 aliphatic carbocycles. The summed E-state index contributed by atoms with van der Waals surface area (Å²) in [5, 5.41) is 6.36. The van der Waals surface area contributed by atoms with Crippen LogP contribution in [0.25, 0.3) is 0 Å². The first-order valence-corrected chi connectivity index (χ1v) is 3.39. The van der Waals surface area contributed by atoms with Crippen molar-refractivity contribution in [3.05, 3.63) is 5.69 Å². The van der Waals surface area contributed by atoms with Gasteiger partial charge >= 0.3 is 5.91 Å². The molecule has 0 aliphatic rings. The number of nitrogen functional groups attached to an aromatic ring is 1. The van der Waals surface area contributed by atoms with Gasteiger partial charge in [-0.1, -0.05) is 0 Å². The summed E-state index contributed by atoms with van der Waals surface area (Å²) in [6.45, 7) is -0.447. The van der Waals surface area contributed by atoms with E-state index in [9.17, 15) is 9.59 Å². The van der Waals surface area contributed by atoms with Crippen LogP contribution in [-0.2, 0) is 9.63 Å². The van der Waals surface area contributed by atoms with Crippen LogP contribution in [0.2, 0.25) is 0 Å². The lowest BCUT2D eigenvalue weighted by atomic mass is 10.4. The minimum atomic E-state index is -0.773. The smallest absolute Gasteiger partial charge is 0.300 e. The maximum atomic E-state index is 11.1. The van der Waals surface area contributed by atoms with E-state index in [1.54, 1.807) is 0 Å². The van der Waals surface area contributed by atoms with Gasteiger partial charge in [-0.05, 0) is 10.3 Å². The number of anilines is 1. The zero-order valence-corrected chi connectivity index (χ0v) is 6.89. The van der Waals surface area contributed by atoms with Crippen molar-refractivity contribution >= 4 is 17.6 Å². The Bertz CT molecular complexity index is 348. The first-order valence-electron chi connectivity index (χ1n) is 3.39. The highest BCUT2D eigenvalue weighted by molar-refractivity contribution is 5.95. The predicted octanol–water partition coefficient (Wildman–Crippen LogP) is -2.20. The molecular formula is C5H7N5O4. The van der Waals surface area contributed by atoms with Gasteiger partial charge in [-0.3, -0.25) is 14.4 Å². The van der Waals surface area contributed by atoms with Crippen molar-refractivity contribution in [2.45, 2.75) is 0 Å². The predicted molar refractivity (Wildman–Crippen MR) is 41.3 cm³/mol. The van der Waals surface area contributed by atoms with Crippen molar-refractivity contribution in [3.8, 4) is 0 Å². The highest BCUT2D eigenvalue weighted by Gasteiger charge is 2.15. The lowest BCUT2D eigenvalue weighted by Gasteiger charge is -2.00. The average molecular weight is 201 g/mol. The molecule has 0 aromatic carbocycles. The zero-order chi connectivity index (χ0) is 10.6. The van der Waals surface area contributed by atoms with Gasteiger partial charge in [0.05, 0.1) is 0 Å². The number of primary amides is 1. The standard InChI is InChI=1S/C5H7N5O4/c6-2(11)1-13-10-5(12)3-4(7)9-14-8-3/h1H2,(H2,6,11)(H2,7,9)(H,10,12). The Kier molecular flexibility index (Phi) is 2.97. The van der Waals surface area contributed by atoms with Gasteiger partial charge in [-0.25, -0.2) is 10.1 Å². The summed E-state index contributed by atoms with van der Waals surface area (Å²) in [4.78, 5) is 25.7. The van der Waals surface area contributed by atoms with E-state index in [1.165, 1.54) is 0 Å². The number of amides is 2. The molecule has 0 unspecified atom stereocenters. The molecule has 1 aromatic heterocycles. The molecule has 76 valence electrons. The molecule has 14 heavy (non-hydrogen) atoms. The average Bonchev–Trinajstić information content (AvgIpc) is 2.50. The van der Waals surface area contributed by atoms with Gasteiger partial charge in [-0.2, -0.15) is 0 Å². The summed E-state index contributed by atoms with van der Waals surface area (Å²) in [7, 11) is 0. The molecular weight excluding hydrogens is 194 g/mol. The second-order valence-electron chi connectivity index (χ2n) is 2.18. The first-order chi connectivity index (χ1) is 6.61. The number of hydroxylamine groups is 1. The fourth-order valence-electron chi connectivity index (χ4n) is 0.574. The third kappa shape index (κ3) is 2.42. The Hall–Kier alpha value is -2.16. The number of hydrogen-bond acceptors (Lipinski definition) is 7. The van der Waals surface area contributed by atoms with Gasteiger partial charge in [0.1, 0.15) is 0 Å². The maximum absolute atomic E-state index is 11.1. The van der Waals surface area contributed by atoms with E-state index in [0.717, 1.165) is 0 Å². The molecule has 0 saturated carbocycles. The topological polar surface area (TPSA) is 146 Å². The van der Waals surface area contributed by atoms with Crippen molar-refractivity contribution in [2.75, 3.05) is 12.3 Å². The van der Waals surface area contributed by atoms with E-state index < -0.39 is 18.4 Å². The van der Waals surface area contributed by atoms with Crippen molar-refractivity contribution in [2.24, 2.45) is 5.73 Å². The van der Waals surface area contributed by atoms with E-state index in [2.05, 4.69) is 19.8 Å². The van der Waals surface area contributed by atoms with Gasteiger partial charge in [-0.15, -0.1) is 0 Å². The lowest BCUT2D eigenvalue weighted by Crippen LogP contribution is -2.30. The summed E-state index contributed by atoms with van der Waals surface area (Å²) in [6.07, 6.45) is 0. The molecule has 0 aliphatic heterocycles. The largest absolute Gasteiger partial charge is 0.379 e. The number of carbonyl (C=O) groups excluding carboxylic acids is 2. The van der Waals surface area contributed by atoms with Crippen LogP contribution in [0.4, 0.5) is 5.82 Å². The molecule has 0 radical (unpaired) electrons. The number of nitrogens with two attached hydrogens (primary N) is 2. The second-order valence-corrected chi connectivity index (χ2v) is 2.18. The van der Waals surface area contributed by atoms with E-state index in [1.807, 2.05) is 5.48 Å². The van der Waals surface area contributed by atoms with Gasteiger partial charge in [0.25, 0.3) is 0 Å². The Morgan fingerprint density at radius 1 is 1.50 bits per heavy atom. The monoisotopic (exact) mass is 201 g/mol. The minimum Gasteiger partial charge on any atom is -0.379 e. The van der Waals surface area contributed by atoms with Crippen LogP contribution >= 0.6 is 0 Å². The molecule has 1 heterocycles. The molecule has 5 N–H and O–H groups in total. The summed E-state index contributed by atoms with van der Waals surface area (Å²) in [5.74, 6) is -1.67. The number of carbonyl (C=O) groups is 2. The highest BCUT2D eigenvalue weighted by Crippen LogP contribution is 2.02. The SMILES string of the molecule is NC(=O)CONC(=O)c1nonc1N. The van der Waals surface area contributed by atoms with Crippen LogP contribution in [0.1, 0.15) is 10.5 Å². The van der Waals surface area contributed by atoms with Gasteiger partial charge in [0, 0.05) is 0 Å². The first kappa shape index (κ1) is 9.92. The summed E-state index contributed by atoms with van der Waals surface area (Å²) >= 11 is 0. The van der Waals surface area contributed by atoms with Crippen LogP contribution in [0.15, 0.2) is 4.63 Å². The van der Waals surface area contributed by atoms with Crippen molar-refractivity contribution in [1.82, 2.24) is 15.8 Å². The maximum Gasteiger partial charge on any atom is 0.300 e. The number of hydrogen-bond donors (Lipinski definition) is 3. The quantitative estimate of drug-likeness (QED) is 0.468. The zero-order valence-electron chi connectivity index (χ0n) is 6.89. The molecule has 0 bridgehead atoms. The Morgan fingerprint density at radius 2 is 2.21 bits per heavy atom. The van der Waals surface area contributed by atoms with Crippen LogP contribution in [0.5, 0.6) is 0 Å². The highest BCUT2D eigenvalue weighted by atomic mass is 16.7. The molecule has 0 fully saturated rings. The Balaban J connectivity index is 2.44.